The highest BCUT2D eigenvalue weighted by Crippen LogP contribution is 2.39. The van der Waals surface area contributed by atoms with Crippen molar-refractivity contribution in [1.82, 2.24) is 25.4 Å². The molecule has 0 unspecified atom stereocenters. The number of hydrogen-bond donors (Lipinski definition) is 4. The molecule has 0 fully saturated rings. The van der Waals surface area contributed by atoms with Gasteiger partial charge in [0, 0.05) is 60.3 Å². The fourth-order valence-electron chi connectivity index (χ4n) is 4.76. The molecule has 2 aromatic carbocycles. The normalized spacial score (nSPS) is 14.9. The number of benzene rings is 2. The van der Waals surface area contributed by atoms with Gasteiger partial charge in [0.15, 0.2) is 0 Å². The third-order valence-electron chi connectivity index (χ3n) is 7.16. The first kappa shape index (κ1) is 28.4. The minimum Gasteiger partial charge on any atom is -0.355 e. The average molecular weight is 581 g/mol. The molecule has 10 nitrogen and oxygen atoms in total. The van der Waals surface area contributed by atoms with Crippen molar-refractivity contribution in [2.45, 2.75) is 32.1 Å². The summed E-state index contributed by atoms with van der Waals surface area (Å²) in [6.07, 6.45) is 8.16. The largest absolute Gasteiger partial charge is 0.355 e. The van der Waals surface area contributed by atoms with Gasteiger partial charge in [0.05, 0.1) is 22.2 Å². The van der Waals surface area contributed by atoms with Crippen LogP contribution in [0.25, 0.3) is 22.4 Å². The summed E-state index contributed by atoms with van der Waals surface area (Å²) in [5, 5.41) is 10.3. The second kappa shape index (κ2) is 11.8. The molecule has 212 valence electrons. The Kier molecular flexibility index (Phi) is 7.99. The number of nitrogens with one attached hydrogen (secondary N) is 4. The maximum absolute atomic E-state index is 12.0. The van der Waals surface area contributed by atoms with Crippen LogP contribution in [0.4, 0.5) is 17.1 Å². The maximum Gasteiger partial charge on any atom is 0.240 e. The van der Waals surface area contributed by atoms with Crippen LogP contribution in [-0.4, -0.2) is 37.5 Å². The summed E-state index contributed by atoms with van der Waals surface area (Å²) in [6, 6.07) is 19.6. The van der Waals surface area contributed by atoms with Gasteiger partial charge >= 0.3 is 0 Å². The summed E-state index contributed by atoms with van der Waals surface area (Å²) in [6.45, 7) is 3.86. The summed E-state index contributed by atoms with van der Waals surface area (Å²) < 4.78 is 0. The monoisotopic (exact) mass is 580 g/mol. The number of aromatic amines is 1. The number of carbonyl (C=O) groups excluding carboxylic acids is 2. The van der Waals surface area contributed by atoms with Crippen LogP contribution in [0.5, 0.6) is 0 Å². The number of amides is 2. The molecule has 5 aromatic rings. The molecule has 4 N–H and O–H groups in total. The van der Waals surface area contributed by atoms with E-state index < -0.39 is 5.41 Å². The molecule has 2 aliphatic heterocycles. The topological polar surface area (TPSA) is 137 Å². The van der Waals surface area contributed by atoms with Gasteiger partial charge < -0.3 is 15.6 Å². The van der Waals surface area contributed by atoms with Gasteiger partial charge in [0.2, 0.25) is 11.8 Å². The summed E-state index contributed by atoms with van der Waals surface area (Å²) in [5.74, 6) is 0.810. The van der Waals surface area contributed by atoms with Gasteiger partial charge in [-0.15, -0.1) is 12.4 Å². The van der Waals surface area contributed by atoms with Crippen LogP contribution in [0, 0.1) is 0 Å². The molecular weight excluding hydrogens is 552 g/mol. The summed E-state index contributed by atoms with van der Waals surface area (Å²) >= 11 is 0. The van der Waals surface area contributed by atoms with Gasteiger partial charge in [-0.1, -0.05) is 12.1 Å². The molecule has 0 spiro atoms. The summed E-state index contributed by atoms with van der Waals surface area (Å²) in [4.78, 5) is 39.0. The van der Waals surface area contributed by atoms with Crippen LogP contribution < -0.4 is 16.1 Å². The number of hydrazone groups is 1. The van der Waals surface area contributed by atoms with E-state index in [0.29, 0.717) is 12.8 Å². The Morgan fingerprint density at radius 2 is 1.48 bits per heavy atom. The van der Waals surface area contributed by atoms with Crippen molar-refractivity contribution < 1.29 is 9.59 Å². The molecule has 3 aromatic heterocycles. The lowest BCUT2D eigenvalue weighted by molar-refractivity contribution is -0.121. The highest BCUT2D eigenvalue weighted by atomic mass is 35.5. The fraction of sp³-hybridized carbons (Fsp3) is 0.161. The molecule has 2 aliphatic rings. The highest BCUT2D eigenvalue weighted by Gasteiger charge is 2.38. The zero-order valence-corrected chi connectivity index (χ0v) is 23.8. The molecule has 0 bridgehead atoms. The lowest BCUT2D eigenvalue weighted by Crippen LogP contribution is -2.26. The number of H-pyrrole nitrogens is 1. The summed E-state index contributed by atoms with van der Waals surface area (Å²) in [5.41, 5.74) is 10.6. The van der Waals surface area contributed by atoms with Gasteiger partial charge in [0.25, 0.3) is 0 Å². The molecular formula is C31H29ClN8O2. The minimum absolute atomic E-state index is 0. The predicted octanol–water partition coefficient (Wildman–Crippen LogP) is 5.72. The average Bonchev–Trinajstić information content (AvgIpc) is 3.51. The zero-order valence-electron chi connectivity index (χ0n) is 23.0. The Morgan fingerprint density at radius 3 is 2.14 bits per heavy atom. The van der Waals surface area contributed by atoms with E-state index in [9.17, 15) is 9.59 Å². The van der Waals surface area contributed by atoms with Crippen molar-refractivity contribution in [2.24, 2.45) is 5.10 Å². The number of nitrogens with zero attached hydrogens (tertiary/aromatic N) is 4. The second-order valence-electron chi connectivity index (χ2n) is 10.3. The molecule has 42 heavy (non-hydrogen) atoms. The molecule has 0 atom stereocenters. The van der Waals surface area contributed by atoms with Crippen LogP contribution in [0.3, 0.4) is 0 Å². The number of aromatic nitrogens is 4. The van der Waals surface area contributed by atoms with E-state index in [2.05, 4.69) is 41.1 Å². The third kappa shape index (κ3) is 5.84. The van der Waals surface area contributed by atoms with Crippen LogP contribution >= 0.6 is 12.4 Å². The molecule has 0 saturated heterocycles. The van der Waals surface area contributed by atoms with E-state index in [4.69, 9.17) is 0 Å². The Labute approximate surface area is 248 Å². The number of pyridine rings is 2. The molecule has 0 radical (unpaired) electrons. The minimum atomic E-state index is -0.508. The van der Waals surface area contributed by atoms with Gasteiger partial charge in [-0.25, -0.2) is 10.4 Å². The second-order valence-corrected chi connectivity index (χ2v) is 10.3. The van der Waals surface area contributed by atoms with Gasteiger partial charge in [0.1, 0.15) is 5.82 Å². The van der Waals surface area contributed by atoms with E-state index in [1.165, 1.54) is 0 Å². The molecule has 7 rings (SSSR count). The quantitative estimate of drug-likeness (QED) is 0.215. The summed E-state index contributed by atoms with van der Waals surface area (Å²) in [7, 11) is 0. The standard InChI is InChI=1S/C16H14N4O.C15H14N4O.ClH/c1-16(2)10-7-12-13(8-11(10)20-15(16)21)19-14(18-12)9-3-5-17-6-4-9;20-15-6-5-14(18-19-15)11-1-3-12(4-2-11)17-13-7-9-16-10-8-13;/h3-8H,1-2H3,(H,18,19)(H,20,21);1-4,7-10H,5-6H2,(H,16,17)(H,19,20);1H. The number of hydrogen-bond acceptors (Lipinski definition) is 7. The lowest BCUT2D eigenvalue weighted by atomic mass is 9.86. The van der Waals surface area contributed by atoms with Crippen molar-refractivity contribution in [3.63, 3.8) is 0 Å². The van der Waals surface area contributed by atoms with Gasteiger partial charge in [-0.05, 0) is 73.5 Å². The van der Waals surface area contributed by atoms with Crippen molar-refractivity contribution >= 4 is 58.0 Å². The van der Waals surface area contributed by atoms with Gasteiger partial charge in [-0.3, -0.25) is 19.6 Å². The van der Waals surface area contributed by atoms with Crippen LogP contribution in [0.1, 0.15) is 37.8 Å². The first-order valence-electron chi connectivity index (χ1n) is 13.3. The van der Waals surface area contributed by atoms with Crippen LogP contribution in [0.15, 0.2) is 90.6 Å². The van der Waals surface area contributed by atoms with E-state index in [1.807, 2.05) is 74.5 Å². The van der Waals surface area contributed by atoms with Gasteiger partial charge in [-0.2, -0.15) is 5.10 Å². The highest BCUT2D eigenvalue weighted by molar-refractivity contribution is 6.08. The maximum atomic E-state index is 12.0. The first-order chi connectivity index (χ1) is 19.9. The Hall–Kier alpha value is -5.09. The van der Waals surface area contributed by atoms with Crippen molar-refractivity contribution in [3.05, 3.63) is 96.6 Å². The number of rotatable bonds is 4. The lowest BCUT2D eigenvalue weighted by Gasteiger charge is -2.14. The SMILES string of the molecule is CC1(C)C(=O)Nc2cc3nc(-c4ccncc4)[nH]c3cc21.Cl.O=C1CCC(c2ccc(Nc3ccncc3)cc2)=NN1. The number of halogens is 1. The van der Waals surface area contributed by atoms with Crippen molar-refractivity contribution in [2.75, 3.05) is 10.6 Å². The predicted molar refractivity (Wildman–Crippen MR) is 166 cm³/mol. The van der Waals surface area contributed by atoms with E-state index >= 15 is 0 Å². The molecule has 2 amide bonds. The fourth-order valence-corrected chi connectivity index (χ4v) is 4.76. The number of anilines is 3. The molecule has 0 aliphatic carbocycles. The first-order valence-corrected chi connectivity index (χ1v) is 13.3. The van der Waals surface area contributed by atoms with Crippen molar-refractivity contribution in [3.8, 4) is 11.4 Å². The third-order valence-corrected chi connectivity index (χ3v) is 7.16. The van der Waals surface area contributed by atoms with E-state index in [0.717, 1.165) is 56.3 Å². The van der Waals surface area contributed by atoms with E-state index in [-0.39, 0.29) is 24.2 Å². The Morgan fingerprint density at radius 1 is 0.810 bits per heavy atom. The molecule has 11 heteroatoms. The Bertz CT molecular complexity index is 1770. The van der Waals surface area contributed by atoms with Crippen LogP contribution in [-0.2, 0) is 15.0 Å². The Balaban J connectivity index is 0.000000164. The van der Waals surface area contributed by atoms with Crippen LogP contribution in [0.2, 0.25) is 0 Å². The van der Waals surface area contributed by atoms with E-state index in [1.54, 1.807) is 24.8 Å². The molecule has 5 heterocycles. The number of imidazole rings is 1. The zero-order chi connectivity index (χ0) is 28.4. The number of fused-ring (bicyclic) bond motifs is 2. The smallest absolute Gasteiger partial charge is 0.240 e. The van der Waals surface area contributed by atoms with Crippen molar-refractivity contribution in [1.29, 1.82) is 0 Å². The number of carbonyl (C=O) groups is 2. The molecule has 0 saturated carbocycles.